The molecule has 0 bridgehead atoms. The van der Waals surface area contributed by atoms with Crippen LogP contribution in [0.25, 0.3) is 0 Å². The molecule has 1 N–H and O–H groups in total. The monoisotopic (exact) mass is 167 g/mol. The molecule has 0 aromatic heterocycles. The van der Waals surface area contributed by atoms with E-state index in [2.05, 4.69) is 17.1 Å². The van der Waals surface area contributed by atoms with Crippen molar-refractivity contribution in [3.63, 3.8) is 0 Å². The number of hydrogen-bond donors (Lipinski definition) is 1. The predicted molar refractivity (Wildman–Crippen MR) is 49.0 cm³/mol. The van der Waals surface area contributed by atoms with Crippen molar-refractivity contribution < 1.29 is 5.11 Å². The van der Waals surface area contributed by atoms with Gasteiger partial charge in [-0.3, -0.25) is 4.90 Å². The fourth-order valence-corrected chi connectivity index (χ4v) is 2.47. The summed E-state index contributed by atoms with van der Waals surface area (Å²) in [5.74, 6) is 0. The van der Waals surface area contributed by atoms with Crippen LogP contribution in [0.2, 0.25) is 0 Å². The molecule has 0 aromatic rings. The second-order valence-electron chi connectivity index (χ2n) is 3.97. The van der Waals surface area contributed by atoms with Crippen LogP contribution in [0.5, 0.6) is 0 Å². The van der Waals surface area contributed by atoms with Crippen LogP contribution in [-0.2, 0) is 0 Å². The van der Waals surface area contributed by atoms with E-state index in [9.17, 15) is 5.11 Å². The van der Waals surface area contributed by atoms with Crippen LogP contribution in [0, 0.1) is 0 Å². The highest BCUT2D eigenvalue weighted by Crippen LogP contribution is 2.35. The molecule has 0 aromatic carbocycles. The third-order valence-electron chi connectivity index (χ3n) is 3.32. The van der Waals surface area contributed by atoms with Crippen LogP contribution in [-0.4, -0.2) is 35.2 Å². The Bertz CT molecular complexity index is 174. The smallest absolute Gasteiger partial charge is 0.0615 e. The van der Waals surface area contributed by atoms with Gasteiger partial charge in [0.2, 0.25) is 0 Å². The van der Waals surface area contributed by atoms with Gasteiger partial charge in [0.1, 0.15) is 0 Å². The van der Waals surface area contributed by atoms with Gasteiger partial charge in [0.25, 0.3) is 0 Å². The summed E-state index contributed by atoms with van der Waals surface area (Å²) in [4.78, 5) is 2.42. The lowest BCUT2D eigenvalue weighted by Crippen LogP contribution is -2.48. The minimum absolute atomic E-state index is 0.142. The maximum absolute atomic E-state index is 9.41. The summed E-state index contributed by atoms with van der Waals surface area (Å²) in [5, 5.41) is 9.41. The normalized spacial score (nSPS) is 28.4. The number of nitrogens with zero attached hydrogens (tertiary/aromatic N) is 1. The average Bonchev–Trinajstić information content (AvgIpc) is 2.76. The molecule has 0 unspecified atom stereocenters. The summed E-state index contributed by atoms with van der Waals surface area (Å²) in [6.45, 7) is 2.43. The van der Waals surface area contributed by atoms with Crippen molar-refractivity contribution in [3.05, 3.63) is 12.2 Å². The molecular formula is C10H17NO. The molecule has 1 saturated carbocycles. The van der Waals surface area contributed by atoms with E-state index < -0.39 is 0 Å². The van der Waals surface area contributed by atoms with Crippen molar-refractivity contribution >= 4 is 0 Å². The molecule has 2 aliphatic rings. The van der Waals surface area contributed by atoms with Crippen LogP contribution < -0.4 is 0 Å². The standard InChI is InChI=1S/C10H17NO/c12-9-10(5-1-2-6-10)11-7-3-4-8-11/h3-4,12H,1-2,5-9H2. The number of aliphatic hydroxyl groups is 1. The fourth-order valence-electron chi connectivity index (χ4n) is 2.47. The third-order valence-corrected chi connectivity index (χ3v) is 3.32. The van der Waals surface area contributed by atoms with E-state index >= 15 is 0 Å². The molecule has 68 valence electrons. The van der Waals surface area contributed by atoms with Crippen LogP contribution in [0.1, 0.15) is 25.7 Å². The molecule has 0 spiro atoms. The predicted octanol–water partition coefficient (Wildman–Crippen LogP) is 1.16. The van der Waals surface area contributed by atoms with Gasteiger partial charge in [-0.15, -0.1) is 0 Å². The quantitative estimate of drug-likeness (QED) is 0.624. The van der Waals surface area contributed by atoms with E-state index in [0.29, 0.717) is 6.61 Å². The van der Waals surface area contributed by atoms with Gasteiger partial charge in [-0.1, -0.05) is 25.0 Å². The molecule has 1 aliphatic heterocycles. The first-order chi connectivity index (χ1) is 5.87. The summed E-state index contributed by atoms with van der Waals surface area (Å²) >= 11 is 0. The SMILES string of the molecule is OCC1(N2CC=CC2)CCCC1. The van der Waals surface area contributed by atoms with Crippen molar-refractivity contribution in [2.45, 2.75) is 31.2 Å². The highest BCUT2D eigenvalue weighted by Gasteiger charge is 2.38. The highest BCUT2D eigenvalue weighted by atomic mass is 16.3. The maximum atomic E-state index is 9.41. The minimum atomic E-state index is 0.142. The van der Waals surface area contributed by atoms with Gasteiger partial charge in [0.05, 0.1) is 6.61 Å². The Hall–Kier alpha value is -0.340. The molecule has 2 rings (SSSR count). The molecule has 1 heterocycles. The van der Waals surface area contributed by atoms with Gasteiger partial charge < -0.3 is 5.11 Å². The Balaban J connectivity index is 2.05. The zero-order chi connectivity index (χ0) is 8.44. The van der Waals surface area contributed by atoms with Crippen LogP contribution >= 0.6 is 0 Å². The van der Waals surface area contributed by atoms with Crippen molar-refractivity contribution in [2.24, 2.45) is 0 Å². The zero-order valence-corrected chi connectivity index (χ0v) is 7.50. The first-order valence-corrected chi connectivity index (χ1v) is 4.88. The van der Waals surface area contributed by atoms with Crippen LogP contribution in [0.3, 0.4) is 0 Å². The number of aliphatic hydroxyl groups excluding tert-OH is 1. The Kier molecular flexibility index (Phi) is 2.20. The van der Waals surface area contributed by atoms with Crippen LogP contribution in [0.15, 0.2) is 12.2 Å². The van der Waals surface area contributed by atoms with E-state index in [0.717, 1.165) is 13.1 Å². The molecule has 0 saturated heterocycles. The van der Waals surface area contributed by atoms with Gasteiger partial charge in [0, 0.05) is 18.6 Å². The molecule has 2 heteroatoms. The maximum Gasteiger partial charge on any atom is 0.0615 e. The van der Waals surface area contributed by atoms with Crippen molar-refractivity contribution in [1.29, 1.82) is 0 Å². The average molecular weight is 167 g/mol. The van der Waals surface area contributed by atoms with Gasteiger partial charge in [-0.05, 0) is 12.8 Å². The molecule has 0 atom stereocenters. The fraction of sp³-hybridized carbons (Fsp3) is 0.800. The molecule has 1 fully saturated rings. The number of hydrogen-bond acceptors (Lipinski definition) is 2. The van der Waals surface area contributed by atoms with Gasteiger partial charge in [-0.25, -0.2) is 0 Å². The van der Waals surface area contributed by atoms with Crippen molar-refractivity contribution in [1.82, 2.24) is 4.90 Å². The lowest BCUT2D eigenvalue weighted by molar-refractivity contribution is 0.0567. The second kappa shape index (κ2) is 3.19. The Morgan fingerprint density at radius 1 is 1.17 bits per heavy atom. The third kappa shape index (κ3) is 1.19. The Morgan fingerprint density at radius 3 is 2.25 bits per heavy atom. The first kappa shape index (κ1) is 8.27. The van der Waals surface area contributed by atoms with E-state index in [1.54, 1.807) is 0 Å². The molecule has 1 aliphatic carbocycles. The second-order valence-corrected chi connectivity index (χ2v) is 3.97. The Morgan fingerprint density at radius 2 is 1.75 bits per heavy atom. The van der Waals surface area contributed by atoms with Crippen LogP contribution in [0.4, 0.5) is 0 Å². The largest absolute Gasteiger partial charge is 0.394 e. The molecular weight excluding hydrogens is 150 g/mol. The van der Waals surface area contributed by atoms with Crippen molar-refractivity contribution in [3.8, 4) is 0 Å². The van der Waals surface area contributed by atoms with E-state index in [1.165, 1.54) is 25.7 Å². The lowest BCUT2D eigenvalue weighted by Gasteiger charge is -2.37. The Labute approximate surface area is 73.9 Å². The first-order valence-electron chi connectivity index (χ1n) is 4.88. The topological polar surface area (TPSA) is 23.5 Å². The number of rotatable bonds is 2. The van der Waals surface area contributed by atoms with E-state index in [1.807, 2.05) is 0 Å². The van der Waals surface area contributed by atoms with E-state index in [-0.39, 0.29) is 5.54 Å². The zero-order valence-electron chi connectivity index (χ0n) is 7.50. The van der Waals surface area contributed by atoms with Gasteiger partial charge in [0.15, 0.2) is 0 Å². The summed E-state index contributed by atoms with van der Waals surface area (Å²) in [5.41, 5.74) is 0.142. The lowest BCUT2D eigenvalue weighted by atomic mass is 9.97. The molecule has 0 radical (unpaired) electrons. The summed E-state index contributed by atoms with van der Waals surface area (Å²) in [7, 11) is 0. The summed E-state index contributed by atoms with van der Waals surface area (Å²) in [6.07, 6.45) is 9.36. The summed E-state index contributed by atoms with van der Waals surface area (Å²) in [6, 6.07) is 0. The van der Waals surface area contributed by atoms with E-state index in [4.69, 9.17) is 0 Å². The molecule has 2 nitrogen and oxygen atoms in total. The highest BCUT2D eigenvalue weighted by molar-refractivity contribution is 5.05. The summed E-state index contributed by atoms with van der Waals surface area (Å²) < 4.78 is 0. The molecule has 0 amide bonds. The molecule has 12 heavy (non-hydrogen) atoms. The van der Waals surface area contributed by atoms with Gasteiger partial charge >= 0.3 is 0 Å². The van der Waals surface area contributed by atoms with Crippen molar-refractivity contribution in [2.75, 3.05) is 19.7 Å². The van der Waals surface area contributed by atoms with Gasteiger partial charge in [-0.2, -0.15) is 0 Å². The minimum Gasteiger partial charge on any atom is -0.394 e.